The van der Waals surface area contributed by atoms with Crippen molar-refractivity contribution >= 4 is 5.91 Å². The smallest absolute Gasteiger partial charge is 0.220 e. The highest BCUT2D eigenvalue weighted by Gasteiger charge is 2.22. The summed E-state index contributed by atoms with van der Waals surface area (Å²) in [5.41, 5.74) is 1.42. The predicted molar refractivity (Wildman–Crippen MR) is 82.6 cm³/mol. The molecule has 1 aliphatic rings. The highest BCUT2D eigenvalue weighted by molar-refractivity contribution is 5.76. The molecule has 2 rings (SSSR count). The summed E-state index contributed by atoms with van der Waals surface area (Å²) in [4.78, 5) is 11.4. The lowest BCUT2D eigenvalue weighted by molar-refractivity contribution is -0.121. The molecule has 0 aliphatic heterocycles. The van der Waals surface area contributed by atoms with Gasteiger partial charge in [0.2, 0.25) is 5.91 Å². The Morgan fingerprint density at radius 3 is 2.55 bits per heavy atom. The molecular formula is C17H26N2O. The molecule has 1 aromatic rings. The fourth-order valence-corrected chi connectivity index (χ4v) is 2.25. The van der Waals surface area contributed by atoms with Crippen molar-refractivity contribution in [2.24, 2.45) is 0 Å². The van der Waals surface area contributed by atoms with E-state index in [9.17, 15) is 4.79 Å². The third kappa shape index (κ3) is 6.71. The highest BCUT2D eigenvalue weighted by atomic mass is 16.1. The standard InChI is InChI=1S/C17H26N2O/c20-17(19-16-11-12-16)10-6-14-18-13-5-4-9-15-7-2-1-3-8-15/h1-3,7-8,16,18H,4-6,9-14H2,(H,19,20). The van der Waals surface area contributed by atoms with Gasteiger partial charge in [-0.3, -0.25) is 4.79 Å². The molecule has 1 fully saturated rings. The van der Waals surface area contributed by atoms with E-state index in [1.807, 2.05) is 0 Å². The maximum Gasteiger partial charge on any atom is 0.220 e. The van der Waals surface area contributed by atoms with Crippen molar-refractivity contribution in [3.63, 3.8) is 0 Å². The Morgan fingerprint density at radius 1 is 1.05 bits per heavy atom. The molecule has 2 N–H and O–H groups in total. The minimum atomic E-state index is 0.221. The first-order chi connectivity index (χ1) is 9.84. The molecule has 1 saturated carbocycles. The van der Waals surface area contributed by atoms with Crippen LogP contribution in [0.2, 0.25) is 0 Å². The minimum absolute atomic E-state index is 0.221. The van der Waals surface area contributed by atoms with E-state index in [1.165, 1.54) is 31.2 Å². The van der Waals surface area contributed by atoms with Gasteiger partial charge in [0.25, 0.3) is 0 Å². The summed E-state index contributed by atoms with van der Waals surface area (Å²) in [7, 11) is 0. The number of benzene rings is 1. The number of carbonyl (C=O) groups is 1. The Kier molecular flexibility index (Phi) is 6.58. The number of aryl methyl sites for hydroxylation is 1. The molecule has 0 unspecified atom stereocenters. The van der Waals surface area contributed by atoms with Crippen molar-refractivity contribution in [2.45, 2.75) is 51.0 Å². The predicted octanol–water partition coefficient (Wildman–Crippen LogP) is 2.66. The molecule has 1 aromatic carbocycles. The summed E-state index contributed by atoms with van der Waals surface area (Å²) in [6.07, 6.45) is 7.52. The zero-order valence-electron chi connectivity index (χ0n) is 12.2. The first kappa shape index (κ1) is 15.0. The number of rotatable bonds is 10. The number of carbonyl (C=O) groups excluding carboxylic acids is 1. The van der Waals surface area contributed by atoms with Gasteiger partial charge in [-0.2, -0.15) is 0 Å². The van der Waals surface area contributed by atoms with Crippen LogP contribution in [0.15, 0.2) is 30.3 Å². The summed E-state index contributed by atoms with van der Waals surface area (Å²) in [6.45, 7) is 2.00. The molecule has 1 amide bonds. The molecule has 20 heavy (non-hydrogen) atoms. The van der Waals surface area contributed by atoms with Crippen LogP contribution >= 0.6 is 0 Å². The van der Waals surface area contributed by atoms with E-state index in [1.54, 1.807) is 0 Å². The molecule has 0 spiro atoms. The fourth-order valence-electron chi connectivity index (χ4n) is 2.25. The highest BCUT2D eigenvalue weighted by Crippen LogP contribution is 2.18. The Labute approximate surface area is 122 Å². The summed E-state index contributed by atoms with van der Waals surface area (Å²) in [5, 5.41) is 6.43. The zero-order chi connectivity index (χ0) is 14.0. The van der Waals surface area contributed by atoms with E-state index in [0.717, 1.165) is 25.9 Å². The monoisotopic (exact) mass is 274 g/mol. The van der Waals surface area contributed by atoms with Gasteiger partial charge >= 0.3 is 0 Å². The zero-order valence-corrected chi connectivity index (χ0v) is 12.2. The summed E-state index contributed by atoms with van der Waals surface area (Å²) >= 11 is 0. The molecular weight excluding hydrogens is 248 g/mol. The third-order valence-electron chi connectivity index (χ3n) is 3.61. The number of nitrogens with one attached hydrogen (secondary N) is 2. The second kappa shape index (κ2) is 8.75. The number of amides is 1. The number of unbranched alkanes of at least 4 members (excludes halogenated alkanes) is 1. The van der Waals surface area contributed by atoms with E-state index in [-0.39, 0.29) is 5.91 Å². The molecule has 3 nitrogen and oxygen atoms in total. The second-order valence-electron chi connectivity index (χ2n) is 5.64. The van der Waals surface area contributed by atoms with Gasteiger partial charge in [-0.25, -0.2) is 0 Å². The molecule has 3 heteroatoms. The van der Waals surface area contributed by atoms with Gasteiger partial charge in [-0.15, -0.1) is 0 Å². The van der Waals surface area contributed by atoms with Crippen LogP contribution in [0.1, 0.15) is 44.1 Å². The quantitative estimate of drug-likeness (QED) is 0.644. The van der Waals surface area contributed by atoms with Crippen LogP contribution in [-0.4, -0.2) is 25.0 Å². The van der Waals surface area contributed by atoms with Crippen LogP contribution in [0.25, 0.3) is 0 Å². The average Bonchev–Trinajstić information content (AvgIpc) is 3.27. The van der Waals surface area contributed by atoms with E-state index in [4.69, 9.17) is 0 Å². The van der Waals surface area contributed by atoms with Gasteiger partial charge in [0.1, 0.15) is 0 Å². The van der Waals surface area contributed by atoms with Gasteiger partial charge in [0.15, 0.2) is 0 Å². The number of hydrogen-bond acceptors (Lipinski definition) is 2. The van der Waals surface area contributed by atoms with Gasteiger partial charge in [-0.05, 0) is 57.2 Å². The van der Waals surface area contributed by atoms with Crippen LogP contribution in [0.4, 0.5) is 0 Å². The third-order valence-corrected chi connectivity index (χ3v) is 3.61. The lowest BCUT2D eigenvalue weighted by Gasteiger charge is -2.05. The van der Waals surface area contributed by atoms with Gasteiger partial charge in [-0.1, -0.05) is 30.3 Å². The van der Waals surface area contributed by atoms with Crippen LogP contribution in [0, 0.1) is 0 Å². The molecule has 110 valence electrons. The molecule has 0 aromatic heterocycles. The Hall–Kier alpha value is -1.35. The van der Waals surface area contributed by atoms with Crippen molar-refractivity contribution in [2.75, 3.05) is 13.1 Å². The Morgan fingerprint density at radius 2 is 1.80 bits per heavy atom. The van der Waals surface area contributed by atoms with Gasteiger partial charge in [0.05, 0.1) is 0 Å². The fraction of sp³-hybridized carbons (Fsp3) is 0.588. The lowest BCUT2D eigenvalue weighted by Crippen LogP contribution is -2.26. The van der Waals surface area contributed by atoms with Crippen molar-refractivity contribution in [1.29, 1.82) is 0 Å². The van der Waals surface area contributed by atoms with Crippen molar-refractivity contribution in [1.82, 2.24) is 10.6 Å². The molecule has 0 radical (unpaired) electrons. The van der Waals surface area contributed by atoms with Crippen LogP contribution in [-0.2, 0) is 11.2 Å². The summed E-state index contributed by atoms with van der Waals surface area (Å²) in [5.74, 6) is 0.221. The molecule has 0 bridgehead atoms. The largest absolute Gasteiger partial charge is 0.353 e. The lowest BCUT2D eigenvalue weighted by atomic mass is 10.1. The van der Waals surface area contributed by atoms with Gasteiger partial charge in [0, 0.05) is 12.5 Å². The van der Waals surface area contributed by atoms with Crippen LogP contribution in [0.3, 0.4) is 0 Å². The SMILES string of the molecule is O=C(CCCNCCCCc1ccccc1)NC1CC1. The Bertz CT molecular complexity index is 387. The second-order valence-corrected chi connectivity index (χ2v) is 5.64. The molecule has 0 heterocycles. The first-order valence-corrected chi connectivity index (χ1v) is 7.88. The van der Waals surface area contributed by atoms with E-state index in [0.29, 0.717) is 12.5 Å². The molecule has 0 atom stereocenters. The van der Waals surface area contributed by atoms with E-state index in [2.05, 4.69) is 41.0 Å². The average molecular weight is 274 g/mol. The molecule has 0 saturated heterocycles. The van der Waals surface area contributed by atoms with Crippen molar-refractivity contribution in [3.05, 3.63) is 35.9 Å². The van der Waals surface area contributed by atoms with E-state index < -0.39 is 0 Å². The van der Waals surface area contributed by atoms with Crippen LogP contribution in [0.5, 0.6) is 0 Å². The maximum atomic E-state index is 11.4. The topological polar surface area (TPSA) is 41.1 Å². The van der Waals surface area contributed by atoms with Crippen molar-refractivity contribution < 1.29 is 4.79 Å². The van der Waals surface area contributed by atoms with Crippen LogP contribution < -0.4 is 10.6 Å². The minimum Gasteiger partial charge on any atom is -0.353 e. The summed E-state index contributed by atoms with van der Waals surface area (Å²) in [6, 6.07) is 11.1. The summed E-state index contributed by atoms with van der Waals surface area (Å²) < 4.78 is 0. The molecule has 1 aliphatic carbocycles. The maximum absolute atomic E-state index is 11.4. The van der Waals surface area contributed by atoms with Crippen molar-refractivity contribution in [3.8, 4) is 0 Å². The normalized spacial score (nSPS) is 14.2. The van der Waals surface area contributed by atoms with Gasteiger partial charge < -0.3 is 10.6 Å². The first-order valence-electron chi connectivity index (χ1n) is 7.88. The number of hydrogen-bond donors (Lipinski definition) is 2. The van der Waals surface area contributed by atoms with E-state index >= 15 is 0 Å². The Balaban J connectivity index is 1.37.